The lowest BCUT2D eigenvalue weighted by Crippen LogP contribution is -2.45. The second-order valence-corrected chi connectivity index (χ2v) is 7.23. The first-order chi connectivity index (χ1) is 8.60. The summed E-state index contributed by atoms with van der Waals surface area (Å²) in [6, 6.07) is 0.134. The molecule has 5 heteroatoms. The predicted octanol–water partition coefficient (Wildman–Crippen LogP) is 2.02. The van der Waals surface area contributed by atoms with Gasteiger partial charge in [0.05, 0.1) is 5.25 Å². The maximum Gasteiger partial charge on any atom is 0.214 e. The van der Waals surface area contributed by atoms with Crippen molar-refractivity contribution in [3.8, 4) is 0 Å². The minimum Gasteiger partial charge on any atom is -0.317 e. The summed E-state index contributed by atoms with van der Waals surface area (Å²) in [5.74, 6) is 0. The molecule has 0 radical (unpaired) electrons. The molecule has 1 heterocycles. The summed E-state index contributed by atoms with van der Waals surface area (Å²) in [4.78, 5) is 0. The Kier molecular flexibility index (Phi) is 7.19. The number of nitrogens with one attached hydrogen (secondary N) is 2. The van der Waals surface area contributed by atoms with E-state index in [9.17, 15) is 8.42 Å². The highest BCUT2D eigenvalue weighted by Crippen LogP contribution is 2.15. The molecule has 0 amide bonds. The summed E-state index contributed by atoms with van der Waals surface area (Å²) in [7, 11) is -3.13. The van der Waals surface area contributed by atoms with Crippen LogP contribution in [-0.4, -0.2) is 32.8 Å². The van der Waals surface area contributed by atoms with Crippen LogP contribution in [0, 0.1) is 0 Å². The van der Waals surface area contributed by atoms with Crippen LogP contribution in [0.2, 0.25) is 0 Å². The summed E-state index contributed by atoms with van der Waals surface area (Å²) in [5, 5.41) is 3.01. The van der Waals surface area contributed by atoms with E-state index in [4.69, 9.17) is 0 Å². The van der Waals surface area contributed by atoms with Gasteiger partial charge in [0.25, 0.3) is 0 Å². The molecule has 1 aliphatic rings. The number of piperidine rings is 1. The van der Waals surface area contributed by atoms with Gasteiger partial charge < -0.3 is 5.32 Å². The third-order valence-electron chi connectivity index (χ3n) is 3.60. The molecule has 0 aliphatic carbocycles. The number of rotatable bonds is 8. The summed E-state index contributed by atoms with van der Waals surface area (Å²) < 4.78 is 27.5. The fourth-order valence-electron chi connectivity index (χ4n) is 2.50. The van der Waals surface area contributed by atoms with Crippen molar-refractivity contribution in [1.29, 1.82) is 0 Å². The van der Waals surface area contributed by atoms with E-state index in [1.807, 2.05) is 0 Å². The van der Waals surface area contributed by atoms with E-state index in [1.54, 1.807) is 0 Å². The van der Waals surface area contributed by atoms with Crippen molar-refractivity contribution in [2.75, 3.05) is 13.1 Å². The zero-order chi connectivity index (χ0) is 13.4. The van der Waals surface area contributed by atoms with Gasteiger partial charge in [0.15, 0.2) is 0 Å². The van der Waals surface area contributed by atoms with E-state index in [2.05, 4.69) is 23.9 Å². The zero-order valence-corrected chi connectivity index (χ0v) is 12.6. The number of hydrogen-bond acceptors (Lipinski definition) is 3. The predicted molar refractivity (Wildman–Crippen MR) is 76.2 cm³/mol. The molecule has 0 aromatic carbocycles. The molecule has 2 N–H and O–H groups in total. The fraction of sp³-hybridized carbons (Fsp3) is 1.00. The van der Waals surface area contributed by atoms with Crippen molar-refractivity contribution in [1.82, 2.24) is 10.0 Å². The molecule has 1 saturated heterocycles. The third kappa shape index (κ3) is 5.24. The Morgan fingerprint density at radius 1 is 1.17 bits per heavy atom. The molecule has 18 heavy (non-hydrogen) atoms. The maximum atomic E-state index is 12.3. The van der Waals surface area contributed by atoms with Gasteiger partial charge in [-0.3, -0.25) is 0 Å². The van der Waals surface area contributed by atoms with E-state index >= 15 is 0 Å². The van der Waals surface area contributed by atoms with Gasteiger partial charge in [-0.1, -0.05) is 33.1 Å². The van der Waals surface area contributed by atoms with Crippen molar-refractivity contribution >= 4 is 10.0 Å². The third-order valence-corrected chi connectivity index (χ3v) is 5.61. The Labute approximate surface area is 112 Å². The molecule has 1 rings (SSSR count). The number of hydrogen-bond donors (Lipinski definition) is 2. The van der Waals surface area contributed by atoms with Gasteiger partial charge in [-0.15, -0.1) is 0 Å². The Morgan fingerprint density at radius 3 is 2.39 bits per heavy atom. The Bertz CT molecular complexity index is 311. The number of sulfonamides is 1. The topological polar surface area (TPSA) is 58.2 Å². The van der Waals surface area contributed by atoms with Gasteiger partial charge in [-0.05, 0) is 38.8 Å². The SMILES string of the molecule is CCCCC(CCC)NS(=O)(=O)C1CCNCC1. The van der Waals surface area contributed by atoms with E-state index in [1.165, 1.54) is 0 Å². The quantitative estimate of drug-likeness (QED) is 0.713. The fourth-order valence-corrected chi connectivity index (χ4v) is 4.24. The van der Waals surface area contributed by atoms with Crippen LogP contribution in [-0.2, 0) is 10.0 Å². The van der Waals surface area contributed by atoms with Crippen LogP contribution in [0.5, 0.6) is 0 Å². The zero-order valence-electron chi connectivity index (χ0n) is 11.7. The van der Waals surface area contributed by atoms with Crippen LogP contribution in [0.3, 0.4) is 0 Å². The minimum atomic E-state index is -3.13. The van der Waals surface area contributed by atoms with Gasteiger partial charge in [-0.25, -0.2) is 13.1 Å². The Balaban J connectivity index is 2.53. The monoisotopic (exact) mass is 276 g/mol. The van der Waals surface area contributed by atoms with Gasteiger partial charge in [0.2, 0.25) is 10.0 Å². The van der Waals surface area contributed by atoms with E-state index in [-0.39, 0.29) is 11.3 Å². The smallest absolute Gasteiger partial charge is 0.214 e. The summed E-state index contributed by atoms with van der Waals surface area (Å²) in [6.07, 6.45) is 6.64. The highest BCUT2D eigenvalue weighted by atomic mass is 32.2. The first kappa shape index (κ1) is 15.9. The molecule has 1 aliphatic heterocycles. The van der Waals surface area contributed by atoms with Crippen molar-refractivity contribution < 1.29 is 8.42 Å². The van der Waals surface area contributed by atoms with Gasteiger partial charge in [0.1, 0.15) is 0 Å². The molecule has 0 spiro atoms. The first-order valence-electron chi connectivity index (χ1n) is 7.32. The summed E-state index contributed by atoms with van der Waals surface area (Å²) in [5.41, 5.74) is 0. The van der Waals surface area contributed by atoms with Crippen molar-refractivity contribution in [2.24, 2.45) is 0 Å². The lowest BCUT2D eigenvalue weighted by Gasteiger charge is -2.26. The van der Waals surface area contributed by atoms with E-state index in [0.29, 0.717) is 0 Å². The molecule has 0 saturated carbocycles. The van der Waals surface area contributed by atoms with Gasteiger partial charge >= 0.3 is 0 Å². The van der Waals surface area contributed by atoms with Crippen LogP contribution in [0.1, 0.15) is 58.8 Å². The lowest BCUT2D eigenvalue weighted by atomic mass is 10.1. The van der Waals surface area contributed by atoms with Crippen LogP contribution in [0.25, 0.3) is 0 Å². The standard InChI is InChI=1S/C13H28N2O2S/c1-3-5-7-12(6-4-2)15-18(16,17)13-8-10-14-11-9-13/h12-15H,3-11H2,1-2H3. The minimum absolute atomic E-state index is 0.134. The Morgan fingerprint density at radius 2 is 1.83 bits per heavy atom. The van der Waals surface area contributed by atoms with Crippen LogP contribution >= 0.6 is 0 Å². The molecule has 0 aromatic heterocycles. The van der Waals surface area contributed by atoms with Crippen LogP contribution in [0.15, 0.2) is 0 Å². The first-order valence-corrected chi connectivity index (χ1v) is 8.86. The van der Waals surface area contributed by atoms with Crippen LogP contribution in [0.4, 0.5) is 0 Å². The molecule has 0 aromatic rings. The molecular weight excluding hydrogens is 248 g/mol. The van der Waals surface area contributed by atoms with E-state index < -0.39 is 10.0 Å². The molecule has 0 bridgehead atoms. The second-order valence-electron chi connectivity index (χ2n) is 5.24. The highest BCUT2D eigenvalue weighted by Gasteiger charge is 2.28. The molecule has 108 valence electrons. The second kappa shape index (κ2) is 8.12. The number of unbranched alkanes of at least 4 members (excludes halogenated alkanes) is 1. The van der Waals surface area contributed by atoms with Crippen LogP contribution < -0.4 is 10.0 Å². The summed E-state index contributed by atoms with van der Waals surface area (Å²) in [6.45, 7) is 5.89. The normalized spacial score (nSPS) is 19.9. The van der Waals surface area contributed by atoms with Gasteiger partial charge in [0, 0.05) is 6.04 Å². The molecule has 1 fully saturated rings. The maximum absolute atomic E-state index is 12.3. The average Bonchev–Trinajstić information content (AvgIpc) is 2.37. The average molecular weight is 276 g/mol. The molecule has 4 nitrogen and oxygen atoms in total. The molecular formula is C13H28N2O2S. The molecule has 1 atom stereocenters. The largest absolute Gasteiger partial charge is 0.317 e. The van der Waals surface area contributed by atoms with Gasteiger partial charge in [-0.2, -0.15) is 0 Å². The van der Waals surface area contributed by atoms with E-state index in [0.717, 1.165) is 58.0 Å². The highest BCUT2D eigenvalue weighted by molar-refractivity contribution is 7.90. The van der Waals surface area contributed by atoms with Crippen molar-refractivity contribution in [2.45, 2.75) is 70.1 Å². The Hall–Kier alpha value is -0.130. The summed E-state index contributed by atoms with van der Waals surface area (Å²) >= 11 is 0. The lowest BCUT2D eigenvalue weighted by molar-refractivity contribution is 0.456. The van der Waals surface area contributed by atoms with Crippen molar-refractivity contribution in [3.05, 3.63) is 0 Å². The molecule has 1 unspecified atom stereocenters. The van der Waals surface area contributed by atoms with Crippen molar-refractivity contribution in [3.63, 3.8) is 0 Å².